The second-order valence-corrected chi connectivity index (χ2v) is 5.97. The molecule has 20 heavy (non-hydrogen) atoms. The summed E-state index contributed by atoms with van der Waals surface area (Å²) in [4.78, 5) is 15.5. The molecule has 1 fully saturated rings. The molecule has 0 radical (unpaired) electrons. The first-order valence-corrected chi connectivity index (χ1v) is 7.71. The molecule has 106 valence electrons. The van der Waals surface area contributed by atoms with E-state index in [0.29, 0.717) is 11.7 Å². The summed E-state index contributed by atoms with van der Waals surface area (Å²) in [6.07, 6.45) is 2.17. The second kappa shape index (κ2) is 5.76. The van der Waals surface area contributed by atoms with E-state index in [0.717, 1.165) is 36.5 Å². The SMILES string of the molecule is CNC1CCCN(C(=O)c2cc(-c3cccs3)[nH]n2)C1. The highest BCUT2D eigenvalue weighted by Gasteiger charge is 2.25. The molecule has 6 heteroatoms. The first kappa shape index (κ1) is 13.3. The van der Waals surface area contributed by atoms with Gasteiger partial charge in [0.1, 0.15) is 0 Å². The minimum absolute atomic E-state index is 0.0176. The molecular weight excluding hydrogens is 272 g/mol. The lowest BCUT2D eigenvalue weighted by Crippen LogP contribution is -2.47. The number of likely N-dealkylation sites (tertiary alicyclic amines) is 1. The first-order chi connectivity index (χ1) is 9.78. The average molecular weight is 290 g/mol. The van der Waals surface area contributed by atoms with E-state index in [1.165, 1.54) is 0 Å². The van der Waals surface area contributed by atoms with Crippen LogP contribution in [0.3, 0.4) is 0 Å². The zero-order valence-corrected chi connectivity index (χ0v) is 12.2. The number of nitrogens with one attached hydrogen (secondary N) is 2. The summed E-state index contributed by atoms with van der Waals surface area (Å²) in [5.74, 6) is 0.0176. The Kier molecular flexibility index (Phi) is 3.84. The molecule has 0 saturated carbocycles. The summed E-state index contributed by atoms with van der Waals surface area (Å²) < 4.78 is 0. The zero-order chi connectivity index (χ0) is 13.9. The van der Waals surface area contributed by atoms with Crippen molar-refractivity contribution in [3.63, 3.8) is 0 Å². The van der Waals surface area contributed by atoms with E-state index < -0.39 is 0 Å². The molecule has 1 unspecified atom stereocenters. The molecule has 0 spiro atoms. The molecule has 5 nitrogen and oxygen atoms in total. The monoisotopic (exact) mass is 290 g/mol. The number of hydrogen-bond donors (Lipinski definition) is 2. The van der Waals surface area contributed by atoms with Crippen molar-refractivity contribution >= 4 is 17.2 Å². The second-order valence-electron chi connectivity index (χ2n) is 5.02. The lowest BCUT2D eigenvalue weighted by molar-refractivity contribution is 0.0692. The molecule has 2 aromatic rings. The van der Waals surface area contributed by atoms with Crippen LogP contribution in [-0.2, 0) is 0 Å². The molecule has 1 saturated heterocycles. The molecule has 1 aliphatic rings. The summed E-state index contributed by atoms with van der Waals surface area (Å²) in [5.41, 5.74) is 1.41. The van der Waals surface area contributed by atoms with Crippen molar-refractivity contribution in [3.8, 4) is 10.6 Å². The van der Waals surface area contributed by atoms with Crippen LogP contribution in [0.1, 0.15) is 23.3 Å². The predicted octanol–water partition coefficient (Wildman–Crippen LogP) is 1.96. The maximum Gasteiger partial charge on any atom is 0.274 e. The number of amides is 1. The number of nitrogens with zero attached hydrogens (tertiary/aromatic N) is 2. The number of likely N-dealkylation sites (N-methyl/N-ethyl adjacent to an activating group) is 1. The van der Waals surface area contributed by atoms with Gasteiger partial charge in [0.25, 0.3) is 5.91 Å². The minimum atomic E-state index is 0.0176. The number of hydrogen-bond acceptors (Lipinski definition) is 4. The van der Waals surface area contributed by atoms with Crippen LogP contribution in [0, 0.1) is 0 Å². The fourth-order valence-corrected chi connectivity index (χ4v) is 3.24. The van der Waals surface area contributed by atoms with Gasteiger partial charge in [0, 0.05) is 19.1 Å². The van der Waals surface area contributed by atoms with E-state index in [1.807, 2.05) is 35.5 Å². The molecule has 1 amide bonds. The Labute approximate surface area is 122 Å². The fourth-order valence-electron chi connectivity index (χ4n) is 2.55. The third-order valence-electron chi connectivity index (χ3n) is 3.70. The van der Waals surface area contributed by atoms with Gasteiger partial charge >= 0.3 is 0 Å². The van der Waals surface area contributed by atoms with Crippen LogP contribution in [0.2, 0.25) is 0 Å². The van der Waals surface area contributed by atoms with Gasteiger partial charge in [-0.3, -0.25) is 9.89 Å². The third-order valence-corrected chi connectivity index (χ3v) is 4.60. The highest BCUT2D eigenvalue weighted by molar-refractivity contribution is 7.13. The topological polar surface area (TPSA) is 61.0 Å². The van der Waals surface area contributed by atoms with Gasteiger partial charge in [-0.25, -0.2) is 0 Å². The quantitative estimate of drug-likeness (QED) is 0.908. The molecule has 3 heterocycles. The Bertz CT molecular complexity index is 578. The summed E-state index contributed by atoms with van der Waals surface area (Å²) in [6.45, 7) is 1.58. The summed E-state index contributed by atoms with van der Waals surface area (Å²) in [5, 5.41) is 12.4. The Hall–Kier alpha value is -1.66. The number of piperidine rings is 1. The van der Waals surface area contributed by atoms with Gasteiger partial charge in [-0.2, -0.15) is 5.10 Å². The Morgan fingerprint density at radius 2 is 2.50 bits per heavy atom. The minimum Gasteiger partial charge on any atom is -0.336 e. The average Bonchev–Trinajstić information content (AvgIpc) is 3.17. The molecule has 0 aromatic carbocycles. The van der Waals surface area contributed by atoms with Crippen LogP contribution >= 0.6 is 11.3 Å². The van der Waals surface area contributed by atoms with Crippen LogP contribution in [0.4, 0.5) is 0 Å². The van der Waals surface area contributed by atoms with E-state index in [-0.39, 0.29) is 5.91 Å². The maximum absolute atomic E-state index is 12.5. The lowest BCUT2D eigenvalue weighted by atomic mass is 10.1. The van der Waals surface area contributed by atoms with Crippen molar-refractivity contribution in [2.75, 3.05) is 20.1 Å². The van der Waals surface area contributed by atoms with Crippen LogP contribution in [-0.4, -0.2) is 47.2 Å². The summed E-state index contributed by atoms with van der Waals surface area (Å²) >= 11 is 1.63. The standard InChI is InChI=1S/C14H18N4OS/c1-15-10-4-2-6-18(9-10)14(19)12-8-11(16-17-12)13-5-3-7-20-13/h3,5,7-8,10,15H,2,4,6,9H2,1H3,(H,16,17). The number of carbonyl (C=O) groups is 1. The Morgan fingerprint density at radius 1 is 1.60 bits per heavy atom. The maximum atomic E-state index is 12.5. The highest BCUT2D eigenvalue weighted by atomic mass is 32.1. The molecular formula is C14H18N4OS. The van der Waals surface area contributed by atoms with Crippen molar-refractivity contribution in [1.82, 2.24) is 20.4 Å². The number of carbonyl (C=O) groups excluding carboxylic acids is 1. The summed E-state index contributed by atoms with van der Waals surface area (Å²) in [7, 11) is 1.95. The molecule has 3 rings (SSSR count). The smallest absolute Gasteiger partial charge is 0.274 e. The first-order valence-electron chi connectivity index (χ1n) is 6.84. The van der Waals surface area contributed by atoms with Gasteiger partial charge in [-0.15, -0.1) is 11.3 Å². The van der Waals surface area contributed by atoms with Gasteiger partial charge in [0.05, 0.1) is 10.6 Å². The zero-order valence-electron chi connectivity index (χ0n) is 11.4. The predicted molar refractivity (Wildman–Crippen MR) is 79.9 cm³/mol. The molecule has 2 aromatic heterocycles. The third kappa shape index (κ3) is 2.62. The number of thiophene rings is 1. The van der Waals surface area contributed by atoms with Crippen LogP contribution < -0.4 is 5.32 Å². The van der Waals surface area contributed by atoms with Crippen molar-refractivity contribution in [2.24, 2.45) is 0 Å². The van der Waals surface area contributed by atoms with E-state index >= 15 is 0 Å². The number of aromatic nitrogens is 2. The van der Waals surface area contributed by atoms with Crippen LogP contribution in [0.15, 0.2) is 23.6 Å². The van der Waals surface area contributed by atoms with E-state index in [2.05, 4.69) is 15.5 Å². The van der Waals surface area contributed by atoms with Crippen molar-refractivity contribution in [1.29, 1.82) is 0 Å². The van der Waals surface area contributed by atoms with E-state index in [1.54, 1.807) is 11.3 Å². The Morgan fingerprint density at radius 3 is 3.25 bits per heavy atom. The number of aromatic amines is 1. The van der Waals surface area contributed by atoms with Gasteiger partial charge in [0.15, 0.2) is 5.69 Å². The fraction of sp³-hybridized carbons (Fsp3) is 0.429. The van der Waals surface area contributed by atoms with Gasteiger partial charge < -0.3 is 10.2 Å². The molecule has 2 N–H and O–H groups in total. The van der Waals surface area contributed by atoms with Gasteiger partial charge in [0.2, 0.25) is 0 Å². The van der Waals surface area contributed by atoms with Crippen molar-refractivity contribution < 1.29 is 4.79 Å². The molecule has 1 aliphatic heterocycles. The highest BCUT2D eigenvalue weighted by Crippen LogP contribution is 2.23. The number of H-pyrrole nitrogens is 1. The number of rotatable bonds is 3. The Balaban J connectivity index is 1.74. The normalized spacial score (nSPS) is 19.2. The van der Waals surface area contributed by atoms with Crippen LogP contribution in [0.25, 0.3) is 10.6 Å². The molecule has 1 atom stereocenters. The lowest BCUT2D eigenvalue weighted by Gasteiger charge is -2.32. The van der Waals surface area contributed by atoms with E-state index in [4.69, 9.17) is 0 Å². The summed E-state index contributed by atoms with van der Waals surface area (Å²) in [6, 6.07) is 6.25. The van der Waals surface area contributed by atoms with Crippen LogP contribution in [0.5, 0.6) is 0 Å². The van der Waals surface area contributed by atoms with E-state index in [9.17, 15) is 4.79 Å². The largest absolute Gasteiger partial charge is 0.336 e. The molecule has 0 bridgehead atoms. The molecule has 0 aliphatic carbocycles. The van der Waals surface area contributed by atoms with Gasteiger partial charge in [-0.1, -0.05) is 6.07 Å². The van der Waals surface area contributed by atoms with Crippen molar-refractivity contribution in [3.05, 3.63) is 29.3 Å². The van der Waals surface area contributed by atoms with Crippen molar-refractivity contribution in [2.45, 2.75) is 18.9 Å². The van der Waals surface area contributed by atoms with Gasteiger partial charge in [-0.05, 0) is 37.4 Å².